The van der Waals surface area contributed by atoms with Gasteiger partial charge in [-0.15, -0.1) is 0 Å². The van der Waals surface area contributed by atoms with E-state index in [1.54, 1.807) is 0 Å². The van der Waals surface area contributed by atoms with Gasteiger partial charge in [0.1, 0.15) is 0 Å². The smallest absolute Gasteiger partial charge is 0.0776 e. The van der Waals surface area contributed by atoms with Crippen LogP contribution in [0.25, 0.3) is 0 Å². The summed E-state index contributed by atoms with van der Waals surface area (Å²) in [6, 6.07) is 0. The van der Waals surface area contributed by atoms with Crippen LogP contribution < -0.4 is 5.32 Å². The van der Waals surface area contributed by atoms with Crippen molar-refractivity contribution >= 4 is 0 Å². The average molecular weight is 199 g/mol. The van der Waals surface area contributed by atoms with E-state index >= 15 is 0 Å². The van der Waals surface area contributed by atoms with Crippen LogP contribution in [0.1, 0.15) is 52.9 Å². The van der Waals surface area contributed by atoms with Gasteiger partial charge >= 0.3 is 0 Å². The Bertz CT molecular complexity index is 179. The third-order valence-corrected chi connectivity index (χ3v) is 3.18. The molecule has 0 aromatic rings. The second kappa shape index (κ2) is 4.63. The van der Waals surface area contributed by atoms with Gasteiger partial charge in [0.05, 0.1) is 5.60 Å². The molecule has 0 spiro atoms. The number of hydrogen-bond donors (Lipinski definition) is 2. The molecule has 0 aliphatic heterocycles. The van der Waals surface area contributed by atoms with Crippen molar-refractivity contribution in [1.29, 1.82) is 0 Å². The predicted octanol–water partition coefficient (Wildman–Crippen LogP) is 2.32. The molecule has 1 aliphatic carbocycles. The minimum Gasteiger partial charge on any atom is -0.389 e. The summed E-state index contributed by atoms with van der Waals surface area (Å²) < 4.78 is 0. The lowest BCUT2D eigenvalue weighted by atomic mass is 9.70. The Hall–Kier alpha value is -0.0800. The molecule has 1 unspecified atom stereocenters. The third-order valence-electron chi connectivity index (χ3n) is 3.18. The maximum Gasteiger partial charge on any atom is 0.0776 e. The van der Waals surface area contributed by atoms with Crippen molar-refractivity contribution < 1.29 is 5.11 Å². The summed E-state index contributed by atoms with van der Waals surface area (Å²) in [6.07, 6.45) is 5.46. The van der Waals surface area contributed by atoms with Crippen LogP contribution in [0.2, 0.25) is 0 Å². The van der Waals surface area contributed by atoms with Gasteiger partial charge in [0.2, 0.25) is 0 Å². The van der Waals surface area contributed by atoms with E-state index in [0.29, 0.717) is 5.41 Å². The standard InChI is InChI=1S/C12H25NO/c1-4-8-13-10-12(14)7-5-6-11(2,3)9-12/h13-14H,4-10H2,1-3H3. The first-order valence-electron chi connectivity index (χ1n) is 5.91. The van der Waals surface area contributed by atoms with Crippen LogP contribution in [0.15, 0.2) is 0 Å². The van der Waals surface area contributed by atoms with Crippen molar-refractivity contribution in [1.82, 2.24) is 5.32 Å². The molecule has 1 saturated carbocycles. The van der Waals surface area contributed by atoms with Crippen molar-refractivity contribution in [2.24, 2.45) is 5.41 Å². The minimum atomic E-state index is -0.447. The summed E-state index contributed by atoms with van der Waals surface area (Å²) in [5, 5.41) is 13.7. The first kappa shape index (κ1) is 12.0. The van der Waals surface area contributed by atoms with Crippen LogP contribution in [0.4, 0.5) is 0 Å². The molecule has 0 amide bonds. The zero-order valence-electron chi connectivity index (χ0n) is 9.90. The molecule has 0 heterocycles. The van der Waals surface area contributed by atoms with Crippen molar-refractivity contribution in [3.63, 3.8) is 0 Å². The van der Waals surface area contributed by atoms with Crippen LogP contribution in [0.3, 0.4) is 0 Å². The summed E-state index contributed by atoms with van der Waals surface area (Å²) in [5.74, 6) is 0. The molecule has 14 heavy (non-hydrogen) atoms. The lowest BCUT2D eigenvalue weighted by Crippen LogP contribution is -2.46. The molecule has 0 aromatic carbocycles. The van der Waals surface area contributed by atoms with Crippen molar-refractivity contribution in [2.75, 3.05) is 13.1 Å². The Balaban J connectivity index is 2.39. The maximum absolute atomic E-state index is 10.4. The molecular weight excluding hydrogens is 174 g/mol. The van der Waals surface area contributed by atoms with Gasteiger partial charge in [0.15, 0.2) is 0 Å². The highest BCUT2D eigenvalue weighted by atomic mass is 16.3. The molecule has 2 heteroatoms. The molecule has 1 atom stereocenters. The molecule has 1 fully saturated rings. The number of hydrogen-bond acceptors (Lipinski definition) is 2. The molecule has 2 nitrogen and oxygen atoms in total. The van der Waals surface area contributed by atoms with E-state index < -0.39 is 5.60 Å². The monoisotopic (exact) mass is 199 g/mol. The number of nitrogens with one attached hydrogen (secondary N) is 1. The first-order chi connectivity index (χ1) is 6.47. The zero-order chi connectivity index (χ0) is 10.7. The molecule has 0 aromatic heterocycles. The first-order valence-corrected chi connectivity index (χ1v) is 5.91. The second-order valence-electron chi connectivity index (χ2n) is 5.60. The average Bonchev–Trinajstić information content (AvgIpc) is 2.01. The summed E-state index contributed by atoms with van der Waals surface area (Å²) in [5.41, 5.74) is -0.127. The normalized spacial score (nSPS) is 31.7. The fourth-order valence-electron chi connectivity index (χ4n) is 2.61. The summed E-state index contributed by atoms with van der Waals surface area (Å²) in [7, 11) is 0. The Labute approximate surface area is 88.1 Å². The minimum absolute atomic E-state index is 0.320. The zero-order valence-corrected chi connectivity index (χ0v) is 9.90. The Morgan fingerprint density at radius 1 is 1.29 bits per heavy atom. The molecule has 0 saturated heterocycles. The Kier molecular flexibility index (Phi) is 3.96. The molecule has 0 bridgehead atoms. The number of aliphatic hydroxyl groups is 1. The fourth-order valence-corrected chi connectivity index (χ4v) is 2.61. The van der Waals surface area contributed by atoms with Crippen LogP contribution >= 0.6 is 0 Å². The molecular formula is C12H25NO. The van der Waals surface area contributed by atoms with E-state index in [0.717, 1.165) is 38.8 Å². The van der Waals surface area contributed by atoms with E-state index in [2.05, 4.69) is 26.1 Å². The van der Waals surface area contributed by atoms with E-state index in [9.17, 15) is 5.11 Å². The van der Waals surface area contributed by atoms with Gasteiger partial charge in [-0.2, -0.15) is 0 Å². The lowest BCUT2D eigenvalue weighted by Gasteiger charge is -2.41. The molecule has 1 aliphatic rings. The van der Waals surface area contributed by atoms with Gasteiger partial charge in [0, 0.05) is 6.54 Å². The molecule has 1 rings (SSSR count). The van der Waals surface area contributed by atoms with Gasteiger partial charge < -0.3 is 10.4 Å². The largest absolute Gasteiger partial charge is 0.389 e. The third kappa shape index (κ3) is 3.58. The van der Waals surface area contributed by atoms with Crippen LogP contribution in [0, 0.1) is 5.41 Å². The second-order valence-corrected chi connectivity index (χ2v) is 5.60. The Morgan fingerprint density at radius 3 is 2.57 bits per heavy atom. The van der Waals surface area contributed by atoms with Gasteiger partial charge in [0.25, 0.3) is 0 Å². The molecule has 0 radical (unpaired) electrons. The lowest BCUT2D eigenvalue weighted by molar-refractivity contribution is -0.0370. The predicted molar refractivity (Wildman–Crippen MR) is 60.4 cm³/mol. The van der Waals surface area contributed by atoms with Crippen molar-refractivity contribution in [3.05, 3.63) is 0 Å². The summed E-state index contributed by atoms with van der Waals surface area (Å²) in [6.45, 7) is 8.46. The van der Waals surface area contributed by atoms with Gasteiger partial charge in [-0.1, -0.05) is 27.2 Å². The molecule has 2 N–H and O–H groups in total. The SMILES string of the molecule is CCCNCC1(O)CCCC(C)(C)C1. The van der Waals surface area contributed by atoms with E-state index in [1.807, 2.05) is 0 Å². The summed E-state index contributed by atoms with van der Waals surface area (Å²) in [4.78, 5) is 0. The van der Waals surface area contributed by atoms with E-state index in [-0.39, 0.29) is 0 Å². The van der Waals surface area contributed by atoms with Crippen molar-refractivity contribution in [2.45, 2.75) is 58.5 Å². The quantitative estimate of drug-likeness (QED) is 0.681. The number of rotatable bonds is 4. The van der Waals surface area contributed by atoms with Crippen LogP contribution in [0.5, 0.6) is 0 Å². The van der Waals surface area contributed by atoms with Gasteiger partial charge in [-0.25, -0.2) is 0 Å². The van der Waals surface area contributed by atoms with E-state index in [1.165, 1.54) is 6.42 Å². The highest BCUT2D eigenvalue weighted by Gasteiger charge is 2.37. The topological polar surface area (TPSA) is 32.3 Å². The van der Waals surface area contributed by atoms with Gasteiger partial charge in [-0.05, 0) is 37.6 Å². The highest BCUT2D eigenvalue weighted by molar-refractivity contribution is 4.91. The maximum atomic E-state index is 10.4. The fraction of sp³-hybridized carbons (Fsp3) is 1.00. The highest BCUT2D eigenvalue weighted by Crippen LogP contribution is 2.40. The van der Waals surface area contributed by atoms with Crippen molar-refractivity contribution in [3.8, 4) is 0 Å². The Morgan fingerprint density at radius 2 is 2.00 bits per heavy atom. The van der Waals surface area contributed by atoms with E-state index in [4.69, 9.17) is 0 Å². The van der Waals surface area contributed by atoms with Crippen LogP contribution in [-0.4, -0.2) is 23.8 Å². The molecule has 84 valence electrons. The van der Waals surface area contributed by atoms with Crippen LogP contribution in [-0.2, 0) is 0 Å². The van der Waals surface area contributed by atoms with Gasteiger partial charge in [-0.3, -0.25) is 0 Å². The summed E-state index contributed by atoms with van der Waals surface area (Å²) >= 11 is 0.